The van der Waals surface area contributed by atoms with Crippen LogP contribution >= 0.6 is 0 Å². The second-order valence-electron chi connectivity index (χ2n) is 6.68. The smallest absolute Gasteiger partial charge is 0.0233 e. The Morgan fingerprint density at radius 1 is 1.05 bits per heavy atom. The Morgan fingerprint density at radius 3 is 2.37 bits per heavy atom. The minimum Gasteiger partial charge on any atom is -0.320 e. The van der Waals surface area contributed by atoms with E-state index in [0.717, 1.165) is 24.7 Å². The van der Waals surface area contributed by atoms with Crippen LogP contribution in [0, 0.1) is 0 Å². The molecule has 2 aliphatic rings. The molecule has 3 nitrogen and oxygen atoms in total. The minimum absolute atomic E-state index is 0.735. The minimum atomic E-state index is 0.735. The van der Waals surface area contributed by atoms with E-state index in [9.17, 15) is 0 Å². The van der Waals surface area contributed by atoms with Gasteiger partial charge in [0.2, 0.25) is 0 Å². The van der Waals surface area contributed by atoms with E-state index in [4.69, 9.17) is 0 Å². The Hall–Kier alpha value is -0.120. The Labute approximate surface area is 119 Å². The van der Waals surface area contributed by atoms with Gasteiger partial charge in [-0.05, 0) is 46.8 Å². The van der Waals surface area contributed by atoms with Crippen LogP contribution in [-0.4, -0.2) is 61.7 Å². The van der Waals surface area contributed by atoms with Crippen LogP contribution in [0.4, 0.5) is 0 Å². The van der Waals surface area contributed by atoms with Gasteiger partial charge >= 0.3 is 0 Å². The second-order valence-corrected chi connectivity index (χ2v) is 6.68. The summed E-state index contributed by atoms with van der Waals surface area (Å²) in [6.07, 6.45) is 9.97. The van der Waals surface area contributed by atoms with Gasteiger partial charge < -0.3 is 10.2 Å². The van der Waals surface area contributed by atoms with Crippen molar-refractivity contribution in [1.82, 2.24) is 15.1 Å². The third-order valence-electron chi connectivity index (χ3n) is 5.18. The topological polar surface area (TPSA) is 18.5 Å². The van der Waals surface area contributed by atoms with Crippen LogP contribution < -0.4 is 5.32 Å². The Balaban J connectivity index is 1.93. The highest BCUT2D eigenvalue weighted by molar-refractivity contribution is 4.89. The molecule has 1 saturated heterocycles. The first-order valence-electron chi connectivity index (χ1n) is 8.33. The van der Waals surface area contributed by atoms with Gasteiger partial charge in [0, 0.05) is 31.2 Å². The van der Waals surface area contributed by atoms with Crippen molar-refractivity contribution in [3.8, 4) is 0 Å². The zero-order valence-electron chi connectivity index (χ0n) is 13.2. The molecule has 1 saturated carbocycles. The van der Waals surface area contributed by atoms with Crippen LogP contribution in [0.1, 0.15) is 51.9 Å². The highest BCUT2D eigenvalue weighted by Gasteiger charge is 2.33. The number of nitrogens with zero attached hydrogens (tertiary/aromatic N) is 2. The van der Waals surface area contributed by atoms with Crippen molar-refractivity contribution >= 4 is 0 Å². The van der Waals surface area contributed by atoms with Crippen molar-refractivity contribution in [2.24, 2.45) is 0 Å². The zero-order chi connectivity index (χ0) is 13.7. The molecule has 19 heavy (non-hydrogen) atoms. The SMILES string of the molecule is CNCCC1CN(C2CCCCCC2)C(C)CN1C. The summed E-state index contributed by atoms with van der Waals surface area (Å²) in [6.45, 7) is 6.09. The lowest BCUT2D eigenvalue weighted by Gasteiger charge is -2.47. The van der Waals surface area contributed by atoms with E-state index < -0.39 is 0 Å². The van der Waals surface area contributed by atoms with Crippen LogP contribution in [0.3, 0.4) is 0 Å². The fraction of sp³-hybridized carbons (Fsp3) is 1.00. The van der Waals surface area contributed by atoms with E-state index in [-0.39, 0.29) is 0 Å². The van der Waals surface area contributed by atoms with Crippen molar-refractivity contribution in [2.75, 3.05) is 33.7 Å². The quantitative estimate of drug-likeness (QED) is 0.789. The molecule has 0 aromatic carbocycles. The highest BCUT2D eigenvalue weighted by Crippen LogP contribution is 2.27. The monoisotopic (exact) mass is 267 g/mol. The number of piperazine rings is 1. The number of rotatable bonds is 4. The van der Waals surface area contributed by atoms with E-state index in [2.05, 4.69) is 36.1 Å². The molecule has 2 unspecified atom stereocenters. The molecule has 2 rings (SSSR count). The normalized spacial score (nSPS) is 32.4. The van der Waals surface area contributed by atoms with Gasteiger partial charge in [0.25, 0.3) is 0 Å². The van der Waals surface area contributed by atoms with Gasteiger partial charge in [0.05, 0.1) is 0 Å². The zero-order valence-corrected chi connectivity index (χ0v) is 13.2. The molecule has 1 aliphatic heterocycles. The molecular formula is C16H33N3. The standard InChI is InChI=1S/C16H33N3/c1-14-12-18(3)16(10-11-17-2)13-19(14)15-8-6-4-5-7-9-15/h14-17H,4-13H2,1-3H3. The van der Waals surface area contributed by atoms with Crippen LogP contribution in [0.25, 0.3) is 0 Å². The van der Waals surface area contributed by atoms with Crippen molar-refractivity contribution in [3.05, 3.63) is 0 Å². The van der Waals surface area contributed by atoms with Gasteiger partial charge in [-0.2, -0.15) is 0 Å². The third-order valence-corrected chi connectivity index (χ3v) is 5.18. The van der Waals surface area contributed by atoms with Crippen molar-refractivity contribution in [3.63, 3.8) is 0 Å². The molecule has 0 bridgehead atoms. The largest absolute Gasteiger partial charge is 0.320 e. The van der Waals surface area contributed by atoms with Gasteiger partial charge in [0.15, 0.2) is 0 Å². The number of hydrogen-bond acceptors (Lipinski definition) is 3. The fourth-order valence-electron chi connectivity index (χ4n) is 3.95. The summed E-state index contributed by atoms with van der Waals surface area (Å²) >= 11 is 0. The molecule has 1 heterocycles. The number of hydrogen-bond donors (Lipinski definition) is 1. The first-order chi connectivity index (χ1) is 9.22. The molecule has 0 spiro atoms. The summed E-state index contributed by atoms with van der Waals surface area (Å²) in [5.74, 6) is 0. The van der Waals surface area contributed by atoms with Gasteiger partial charge in [0.1, 0.15) is 0 Å². The molecule has 2 fully saturated rings. The van der Waals surface area contributed by atoms with E-state index in [1.165, 1.54) is 58.0 Å². The van der Waals surface area contributed by atoms with E-state index in [0.29, 0.717) is 0 Å². The molecule has 1 N–H and O–H groups in total. The van der Waals surface area contributed by atoms with Crippen molar-refractivity contribution in [1.29, 1.82) is 0 Å². The molecule has 0 amide bonds. The molecular weight excluding hydrogens is 234 g/mol. The lowest BCUT2D eigenvalue weighted by Crippen LogP contribution is -2.59. The number of nitrogens with one attached hydrogen (secondary N) is 1. The van der Waals surface area contributed by atoms with Crippen LogP contribution in [0.2, 0.25) is 0 Å². The molecule has 2 atom stereocenters. The Morgan fingerprint density at radius 2 is 1.74 bits per heavy atom. The van der Waals surface area contributed by atoms with Gasteiger partial charge in [-0.3, -0.25) is 4.90 Å². The average Bonchev–Trinajstić information content (AvgIpc) is 2.66. The van der Waals surface area contributed by atoms with Gasteiger partial charge in [-0.25, -0.2) is 0 Å². The lowest BCUT2D eigenvalue weighted by atomic mass is 9.99. The maximum absolute atomic E-state index is 3.31. The first kappa shape index (κ1) is 15.3. The maximum atomic E-state index is 3.31. The molecule has 0 radical (unpaired) electrons. The van der Waals surface area contributed by atoms with Crippen LogP contribution in [0.15, 0.2) is 0 Å². The van der Waals surface area contributed by atoms with E-state index in [1.54, 1.807) is 0 Å². The summed E-state index contributed by atoms with van der Waals surface area (Å²) < 4.78 is 0. The Bertz CT molecular complexity index is 248. The van der Waals surface area contributed by atoms with E-state index in [1.807, 2.05) is 0 Å². The molecule has 112 valence electrons. The predicted octanol–water partition coefficient (Wildman–Crippen LogP) is 2.32. The molecule has 1 aliphatic carbocycles. The predicted molar refractivity (Wildman–Crippen MR) is 82.6 cm³/mol. The van der Waals surface area contributed by atoms with Crippen molar-refractivity contribution < 1.29 is 0 Å². The summed E-state index contributed by atoms with van der Waals surface area (Å²) in [5.41, 5.74) is 0. The Kier molecular flexibility index (Phi) is 6.11. The van der Waals surface area contributed by atoms with Gasteiger partial charge in [-0.15, -0.1) is 0 Å². The van der Waals surface area contributed by atoms with Gasteiger partial charge in [-0.1, -0.05) is 25.7 Å². The average molecular weight is 267 g/mol. The van der Waals surface area contributed by atoms with Crippen LogP contribution in [0.5, 0.6) is 0 Å². The summed E-state index contributed by atoms with van der Waals surface area (Å²) in [6, 6.07) is 2.34. The van der Waals surface area contributed by atoms with E-state index >= 15 is 0 Å². The fourth-order valence-corrected chi connectivity index (χ4v) is 3.95. The third kappa shape index (κ3) is 4.17. The lowest BCUT2D eigenvalue weighted by molar-refractivity contribution is 0.0148. The highest BCUT2D eigenvalue weighted by atomic mass is 15.3. The molecule has 0 aromatic rings. The molecule has 0 aromatic heterocycles. The molecule has 3 heteroatoms. The van der Waals surface area contributed by atoms with Crippen molar-refractivity contribution in [2.45, 2.75) is 70.0 Å². The number of likely N-dealkylation sites (N-methyl/N-ethyl adjacent to an activating group) is 1. The summed E-state index contributed by atoms with van der Waals surface area (Å²) in [7, 11) is 4.37. The summed E-state index contributed by atoms with van der Waals surface area (Å²) in [5, 5.41) is 3.31. The maximum Gasteiger partial charge on any atom is 0.0233 e. The second kappa shape index (κ2) is 7.61. The first-order valence-corrected chi connectivity index (χ1v) is 8.33. The summed E-state index contributed by atoms with van der Waals surface area (Å²) in [4.78, 5) is 5.42. The van der Waals surface area contributed by atoms with Crippen LogP contribution in [-0.2, 0) is 0 Å².